The van der Waals surface area contributed by atoms with Crippen molar-refractivity contribution in [1.82, 2.24) is 10.6 Å². The van der Waals surface area contributed by atoms with Gasteiger partial charge in [-0.25, -0.2) is 4.79 Å². The van der Waals surface area contributed by atoms with Gasteiger partial charge in [-0.2, -0.15) is 0 Å². The van der Waals surface area contributed by atoms with Crippen molar-refractivity contribution < 1.29 is 14.6 Å². The van der Waals surface area contributed by atoms with Crippen LogP contribution in [0.25, 0.3) is 0 Å². The summed E-state index contributed by atoms with van der Waals surface area (Å²) in [6.07, 6.45) is 5.88. The summed E-state index contributed by atoms with van der Waals surface area (Å²) in [6, 6.07) is 16.2. The van der Waals surface area contributed by atoms with Crippen LogP contribution in [-0.4, -0.2) is 23.3 Å². The van der Waals surface area contributed by atoms with Crippen LogP contribution in [0.3, 0.4) is 0 Å². The number of nitrogens with one attached hydrogen (secondary N) is 2. The van der Waals surface area contributed by atoms with Crippen LogP contribution >= 0.6 is 15.9 Å². The maximum Gasteiger partial charge on any atom is 0.337 e. The molecule has 1 atom stereocenters. The van der Waals surface area contributed by atoms with Crippen molar-refractivity contribution in [1.29, 1.82) is 0 Å². The number of carboxylic acids is 1. The number of ether oxygens (including phenoxy) is 1. The zero-order valence-corrected chi connectivity index (χ0v) is 19.7. The highest BCUT2D eigenvalue weighted by Gasteiger charge is 2.40. The van der Waals surface area contributed by atoms with Gasteiger partial charge in [0.05, 0.1) is 5.57 Å². The summed E-state index contributed by atoms with van der Waals surface area (Å²) >= 11 is 3.56. The van der Waals surface area contributed by atoms with Crippen molar-refractivity contribution in [2.75, 3.05) is 6.54 Å². The average molecular weight is 485 g/mol. The molecule has 0 radical (unpaired) electrons. The minimum absolute atomic E-state index is 0.187. The Morgan fingerprint density at radius 2 is 1.94 bits per heavy atom. The van der Waals surface area contributed by atoms with Crippen molar-refractivity contribution in [3.63, 3.8) is 0 Å². The third kappa shape index (κ3) is 5.77. The predicted molar refractivity (Wildman–Crippen MR) is 127 cm³/mol. The standard InChI is InChI=1S/C25H29BrN2O3/c1-24(2,3)25(13-11-20(16-28-25)23(29)30)27-14-12-19-15-21(26)9-10-22(19)31-17-18-7-5-4-6-8-18/h4-11,13,15-16,27-28H,12,14,17H2,1-3H3,(H,29,30). The molecule has 1 heterocycles. The van der Waals surface area contributed by atoms with Crippen LogP contribution in [0.2, 0.25) is 0 Å². The van der Waals surface area contributed by atoms with Gasteiger partial charge in [0.1, 0.15) is 18.0 Å². The van der Waals surface area contributed by atoms with Gasteiger partial charge in [0, 0.05) is 22.6 Å². The third-order valence-corrected chi connectivity index (χ3v) is 5.95. The molecule has 0 fully saturated rings. The quantitative estimate of drug-likeness (QED) is 0.489. The minimum atomic E-state index is -0.944. The molecule has 31 heavy (non-hydrogen) atoms. The molecule has 0 saturated carbocycles. The Bertz CT molecular complexity index is 980. The topological polar surface area (TPSA) is 70.6 Å². The molecule has 0 aliphatic carbocycles. The van der Waals surface area contributed by atoms with E-state index in [-0.39, 0.29) is 11.0 Å². The van der Waals surface area contributed by atoms with Gasteiger partial charge < -0.3 is 15.2 Å². The largest absolute Gasteiger partial charge is 0.489 e. The van der Waals surface area contributed by atoms with Crippen molar-refractivity contribution in [3.8, 4) is 5.75 Å². The lowest BCUT2D eigenvalue weighted by molar-refractivity contribution is -0.132. The summed E-state index contributed by atoms with van der Waals surface area (Å²) in [7, 11) is 0. The Hall–Kier alpha value is -2.57. The molecule has 1 aliphatic rings. The van der Waals surface area contributed by atoms with E-state index < -0.39 is 11.6 Å². The first kappa shape index (κ1) is 23.1. The lowest BCUT2D eigenvalue weighted by Crippen LogP contribution is -2.63. The monoisotopic (exact) mass is 484 g/mol. The Morgan fingerprint density at radius 1 is 1.19 bits per heavy atom. The molecular formula is C25H29BrN2O3. The Balaban J connectivity index is 1.69. The molecule has 5 nitrogen and oxygen atoms in total. The van der Waals surface area contributed by atoms with E-state index in [4.69, 9.17) is 4.74 Å². The molecule has 6 heteroatoms. The van der Waals surface area contributed by atoms with Crippen molar-refractivity contribution in [2.24, 2.45) is 5.41 Å². The van der Waals surface area contributed by atoms with Gasteiger partial charge in [0.2, 0.25) is 0 Å². The van der Waals surface area contributed by atoms with Crippen LogP contribution in [0, 0.1) is 5.41 Å². The molecule has 164 valence electrons. The normalized spacial score (nSPS) is 18.3. The van der Waals surface area contributed by atoms with Crippen molar-refractivity contribution >= 4 is 21.9 Å². The first-order valence-electron chi connectivity index (χ1n) is 10.3. The molecular weight excluding hydrogens is 456 g/mol. The first-order chi connectivity index (χ1) is 14.7. The van der Waals surface area contributed by atoms with Crippen molar-refractivity contribution in [2.45, 2.75) is 39.5 Å². The van der Waals surface area contributed by atoms with Crippen LogP contribution < -0.4 is 15.4 Å². The van der Waals surface area contributed by atoms with Gasteiger partial charge in [0.25, 0.3) is 0 Å². The summed E-state index contributed by atoms with van der Waals surface area (Å²) in [5, 5.41) is 16.1. The number of carbonyl (C=O) groups is 1. The number of benzene rings is 2. The lowest BCUT2D eigenvalue weighted by Gasteiger charge is -2.45. The zero-order valence-electron chi connectivity index (χ0n) is 18.1. The third-order valence-electron chi connectivity index (χ3n) is 5.46. The highest BCUT2D eigenvalue weighted by Crippen LogP contribution is 2.32. The second kappa shape index (κ2) is 9.71. The summed E-state index contributed by atoms with van der Waals surface area (Å²) in [4.78, 5) is 11.2. The number of halogens is 1. The van der Waals surface area contributed by atoms with E-state index in [0.29, 0.717) is 13.2 Å². The van der Waals surface area contributed by atoms with Gasteiger partial charge in [0.15, 0.2) is 0 Å². The molecule has 0 spiro atoms. The predicted octanol–water partition coefficient (Wildman–Crippen LogP) is 5.03. The van der Waals surface area contributed by atoms with E-state index in [0.717, 1.165) is 27.8 Å². The van der Waals surface area contributed by atoms with Gasteiger partial charge in [-0.15, -0.1) is 0 Å². The summed E-state index contributed by atoms with van der Waals surface area (Å²) in [5.74, 6) is -0.0838. The fourth-order valence-electron chi connectivity index (χ4n) is 3.49. The zero-order chi connectivity index (χ0) is 22.5. The van der Waals surface area contributed by atoms with Crippen LogP contribution in [0.1, 0.15) is 31.9 Å². The highest BCUT2D eigenvalue weighted by molar-refractivity contribution is 9.10. The second-order valence-corrected chi connectivity index (χ2v) is 9.56. The lowest BCUT2D eigenvalue weighted by atomic mass is 9.78. The van der Waals surface area contributed by atoms with Crippen LogP contribution in [0.4, 0.5) is 0 Å². The fourth-order valence-corrected chi connectivity index (χ4v) is 3.90. The van der Waals surface area contributed by atoms with Crippen molar-refractivity contribution in [3.05, 3.63) is 88.1 Å². The Morgan fingerprint density at radius 3 is 2.55 bits per heavy atom. The van der Waals surface area contributed by atoms with E-state index in [1.54, 1.807) is 12.3 Å². The molecule has 3 N–H and O–H groups in total. The first-order valence-corrected chi connectivity index (χ1v) is 11.1. The molecule has 3 rings (SSSR count). The number of aliphatic carboxylic acids is 1. The van der Waals surface area contributed by atoms with E-state index in [1.807, 2.05) is 48.5 Å². The maximum absolute atomic E-state index is 11.2. The van der Waals surface area contributed by atoms with Crippen LogP contribution in [0.5, 0.6) is 5.75 Å². The number of hydrogen-bond donors (Lipinski definition) is 3. The summed E-state index contributed by atoms with van der Waals surface area (Å²) < 4.78 is 7.11. The van der Waals surface area contributed by atoms with Gasteiger partial charge in [-0.05, 0) is 47.9 Å². The minimum Gasteiger partial charge on any atom is -0.489 e. The molecule has 1 aliphatic heterocycles. The SMILES string of the molecule is CC(C)(C)C1(NCCc2cc(Br)ccc2OCc2ccccc2)C=CC(C(=O)O)=CN1. The number of dihydropyridines is 1. The number of carboxylic acid groups (broad SMARTS) is 1. The summed E-state index contributed by atoms with van der Waals surface area (Å²) in [6.45, 7) is 7.55. The second-order valence-electron chi connectivity index (χ2n) is 8.64. The molecule has 0 aromatic heterocycles. The van der Waals surface area contributed by atoms with Crippen LogP contribution in [0.15, 0.2) is 76.9 Å². The molecule has 0 saturated heterocycles. The molecule has 0 amide bonds. The van der Waals surface area contributed by atoms with Gasteiger partial charge in [-0.1, -0.05) is 67.0 Å². The smallest absolute Gasteiger partial charge is 0.337 e. The highest BCUT2D eigenvalue weighted by atomic mass is 79.9. The Labute approximate surface area is 192 Å². The molecule has 0 bridgehead atoms. The number of hydrogen-bond acceptors (Lipinski definition) is 4. The summed E-state index contributed by atoms with van der Waals surface area (Å²) in [5.41, 5.74) is 1.73. The van der Waals surface area contributed by atoms with E-state index in [9.17, 15) is 9.90 Å². The van der Waals surface area contributed by atoms with E-state index in [2.05, 4.69) is 53.4 Å². The van der Waals surface area contributed by atoms with Crippen LogP contribution in [-0.2, 0) is 17.8 Å². The Kier molecular flexibility index (Phi) is 7.23. The van der Waals surface area contributed by atoms with Gasteiger partial charge in [-0.3, -0.25) is 5.32 Å². The molecule has 1 unspecified atom stereocenters. The van der Waals surface area contributed by atoms with E-state index >= 15 is 0 Å². The number of rotatable bonds is 8. The molecule has 2 aromatic rings. The maximum atomic E-state index is 11.2. The van der Waals surface area contributed by atoms with Gasteiger partial charge >= 0.3 is 5.97 Å². The molecule has 2 aromatic carbocycles. The van der Waals surface area contributed by atoms with E-state index in [1.165, 1.54) is 0 Å². The fraction of sp³-hybridized carbons (Fsp3) is 0.320. The average Bonchev–Trinajstić information content (AvgIpc) is 2.73.